The summed E-state index contributed by atoms with van der Waals surface area (Å²) in [5, 5.41) is 0. The van der Waals surface area contributed by atoms with Gasteiger partial charge in [0.1, 0.15) is 0 Å². The van der Waals surface area contributed by atoms with Gasteiger partial charge in [0.2, 0.25) is 0 Å². The van der Waals surface area contributed by atoms with Gasteiger partial charge in [0, 0.05) is 6.54 Å². The molecule has 0 aromatic carbocycles. The number of likely N-dealkylation sites (tertiary alicyclic amines) is 1. The first kappa shape index (κ1) is 8.06. The second kappa shape index (κ2) is 3.90. The Balaban J connectivity index is 1.81. The molecule has 1 heteroatoms. The smallest absolute Gasteiger partial charge is 0.0230 e. The fourth-order valence-electron chi connectivity index (χ4n) is 2.00. The molecule has 0 spiro atoms. The number of rotatable bonds is 2. The highest BCUT2D eigenvalue weighted by Gasteiger charge is 2.10. The molecule has 0 amide bonds. The zero-order valence-corrected chi connectivity index (χ0v) is 7.63. The van der Waals surface area contributed by atoms with Crippen molar-refractivity contribution >= 4 is 0 Å². The fraction of sp³-hybridized carbons (Fsp3) is 0.636. The Morgan fingerprint density at radius 1 is 1.17 bits per heavy atom. The lowest BCUT2D eigenvalue weighted by atomic mass is 10.1. The topological polar surface area (TPSA) is 3.24 Å². The van der Waals surface area contributed by atoms with E-state index in [-0.39, 0.29) is 0 Å². The summed E-state index contributed by atoms with van der Waals surface area (Å²) in [6, 6.07) is 0. The van der Waals surface area contributed by atoms with Crippen molar-refractivity contribution in [1.82, 2.24) is 4.90 Å². The first-order valence-corrected chi connectivity index (χ1v) is 5.03. The van der Waals surface area contributed by atoms with Crippen LogP contribution in [0.4, 0.5) is 0 Å². The van der Waals surface area contributed by atoms with Crippen LogP contribution in [0.3, 0.4) is 0 Å². The van der Waals surface area contributed by atoms with E-state index in [1.807, 2.05) is 0 Å². The van der Waals surface area contributed by atoms with Crippen LogP contribution in [0.15, 0.2) is 23.8 Å². The maximum Gasteiger partial charge on any atom is 0.0230 e. The summed E-state index contributed by atoms with van der Waals surface area (Å²) in [4.78, 5) is 2.57. The molecule has 2 aliphatic rings. The van der Waals surface area contributed by atoms with Gasteiger partial charge in [-0.05, 0) is 37.9 Å². The van der Waals surface area contributed by atoms with Crippen LogP contribution in [0.2, 0.25) is 0 Å². The molecule has 1 aliphatic carbocycles. The molecule has 1 aliphatic heterocycles. The Hall–Kier alpha value is -0.560. The molecule has 12 heavy (non-hydrogen) atoms. The average Bonchev–Trinajstić information content (AvgIpc) is 2.59. The molecule has 0 radical (unpaired) electrons. The van der Waals surface area contributed by atoms with Gasteiger partial charge in [-0.2, -0.15) is 0 Å². The zero-order valence-electron chi connectivity index (χ0n) is 7.63. The van der Waals surface area contributed by atoms with Crippen LogP contribution in [0.5, 0.6) is 0 Å². The summed E-state index contributed by atoms with van der Waals surface area (Å²) < 4.78 is 0. The molecule has 1 fully saturated rings. The standard InChI is InChI=1S/C11H17N/c1-4-8-12(9-5-1)10-11-6-2-3-7-11/h2,6-7H,1,3-5,8-10H2. The van der Waals surface area contributed by atoms with Crippen molar-refractivity contribution in [2.45, 2.75) is 25.7 Å². The van der Waals surface area contributed by atoms with Crippen molar-refractivity contribution in [3.63, 3.8) is 0 Å². The number of hydrogen-bond acceptors (Lipinski definition) is 1. The quantitative estimate of drug-likeness (QED) is 0.604. The van der Waals surface area contributed by atoms with Gasteiger partial charge < -0.3 is 0 Å². The normalized spacial score (nSPS) is 24.5. The van der Waals surface area contributed by atoms with E-state index in [9.17, 15) is 0 Å². The molecule has 0 aromatic heterocycles. The predicted octanol–water partition coefficient (Wildman–Crippen LogP) is 2.36. The summed E-state index contributed by atoms with van der Waals surface area (Å²) in [5.74, 6) is 0. The van der Waals surface area contributed by atoms with E-state index < -0.39 is 0 Å². The number of allylic oxidation sites excluding steroid dienone is 2. The maximum atomic E-state index is 2.57. The summed E-state index contributed by atoms with van der Waals surface area (Å²) in [6.07, 6.45) is 12.3. The average molecular weight is 163 g/mol. The van der Waals surface area contributed by atoms with Crippen molar-refractivity contribution < 1.29 is 0 Å². The van der Waals surface area contributed by atoms with Crippen LogP contribution in [0, 0.1) is 0 Å². The molecule has 0 aromatic rings. The molecule has 0 N–H and O–H groups in total. The summed E-state index contributed by atoms with van der Waals surface area (Å²) in [7, 11) is 0. The minimum absolute atomic E-state index is 1.16. The van der Waals surface area contributed by atoms with Crippen LogP contribution < -0.4 is 0 Å². The molecule has 1 heterocycles. The van der Waals surface area contributed by atoms with E-state index in [0.29, 0.717) is 0 Å². The lowest BCUT2D eigenvalue weighted by Crippen LogP contribution is -2.31. The molecule has 66 valence electrons. The molecular weight excluding hydrogens is 146 g/mol. The van der Waals surface area contributed by atoms with Gasteiger partial charge in [-0.15, -0.1) is 0 Å². The largest absolute Gasteiger partial charge is 0.299 e. The van der Waals surface area contributed by atoms with E-state index in [1.54, 1.807) is 0 Å². The molecule has 2 rings (SSSR count). The minimum Gasteiger partial charge on any atom is -0.299 e. The van der Waals surface area contributed by atoms with Gasteiger partial charge >= 0.3 is 0 Å². The highest BCUT2D eigenvalue weighted by molar-refractivity contribution is 5.27. The Kier molecular flexibility index (Phi) is 2.62. The van der Waals surface area contributed by atoms with Crippen LogP contribution in [0.25, 0.3) is 0 Å². The molecule has 0 unspecified atom stereocenters. The molecular formula is C11H17N. The van der Waals surface area contributed by atoms with Gasteiger partial charge in [0.25, 0.3) is 0 Å². The van der Waals surface area contributed by atoms with Crippen LogP contribution in [-0.4, -0.2) is 24.5 Å². The highest BCUT2D eigenvalue weighted by atomic mass is 15.1. The van der Waals surface area contributed by atoms with Gasteiger partial charge in [0.15, 0.2) is 0 Å². The van der Waals surface area contributed by atoms with E-state index in [2.05, 4.69) is 23.1 Å². The second-order valence-electron chi connectivity index (χ2n) is 3.75. The van der Waals surface area contributed by atoms with Crippen molar-refractivity contribution in [3.05, 3.63) is 23.8 Å². The maximum absolute atomic E-state index is 2.57. The van der Waals surface area contributed by atoms with Crippen LogP contribution >= 0.6 is 0 Å². The molecule has 0 saturated carbocycles. The van der Waals surface area contributed by atoms with Gasteiger partial charge in [-0.3, -0.25) is 4.90 Å². The van der Waals surface area contributed by atoms with E-state index >= 15 is 0 Å². The third-order valence-electron chi connectivity index (χ3n) is 2.70. The van der Waals surface area contributed by atoms with Gasteiger partial charge in [-0.1, -0.05) is 24.6 Å². The zero-order chi connectivity index (χ0) is 8.23. The molecule has 1 nitrogen and oxygen atoms in total. The van der Waals surface area contributed by atoms with Gasteiger partial charge in [0.05, 0.1) is 0 Å². The lowest BCUT2D eigenvalue weighted by Gasteiger charge is -2.26. The minimum atomic E-state index is 1.16. The SMILES string of the molecule is C1=CC(CN2CCCCC2)=CC1. The van der Waals surface area contributed by atoms with Crippen LogP contribution in [0.1, 0.15) is 25.7 Å². The number of piperidine rings is 1. The number of nitrogens with zero attached hydrogens (tertiary/aromatic N) is 1. The number of hydrogen-bond donors (Lipinski definition) is 0. The first-order chi connectivity index (χ1) is 5.95. The summed E-state index contributed by atoms with van der Waals surface area (Å²) >= 11 is 0. The first-order valence-electron chi connectivity index (χ1n) is 5.03. The predicted molar refractivity (Wildman–Crippen MR) is 52.1 cm³/mol. The lowest BCUT2D eigenvalue weighted by molar-refractivity contribution is 0.248. The monoisotopic (exact) mass is 163 g/mol. The third kappa shape index (κ3) is 1.98. The van der Waals surface area contributed by atoms with Crippen molar-refractivity contribution in [2.75, 3.05) is 19.6 Å². The Morgan fingerprint density at radius 3 is 2.67 bits per heavy atom. The second-order valence-corrected chi connectivity index (χ2v) is 3.75. The Morgan fingerprint density at radius 2 is 2.00 bits per heavy atom. The Labute approximate surface area is 74.8 Å². The van der Waals surface area contributed by atoms with E-state index in [0.717, 1.165) is 6.42 Å². The summed E-state index contributed by atoms with van der Waals surface area (Å²) in [6.45, 7) is 3.81. The van der Waals surface area contributed by atoms with Crippen molar-refractivity contribution in [1.29, 1.82) is 0 Å². The molecule has 1 saturated heterocycles. The van der Waals surface area contributed by atoms with Crippen LogP contribution in [-0.2, 0) is 0 Å². The molecule has 0 atom stereocenters. The molecule has 0 bridgehead atoms. The van der Waals surface area contributed by atoms with E-state index in [4.69, 9.17) is 0 Å². The van der Waals surface area contributed by atoms with Crippen molar-refractivity contribution in [2.24, 2.45) is 0 Å². The summed E-state index contributed by atoms with van der Waals surface area (Å²) in [5.41, 5.74) is 1.52. The Bertz CT molecular complexity index is 197. The third-order valence-corrected chi connectivity index (χ3v) is 2.70. The van der Waals surface area contributed by atoms with E-state index in [1.165, 1.54) is 44.5 Å². The highest BCUT2D eigenvalue weighted by Crippen LogP contribution is 2.14. The van der Waals surface area contributed by atoms with Gasteiger partial charge in [-0.25, -0.2) is 0 Å². The fourth-order valence-corrected chi connectivity index (χ4v) is 2.00. The van der Waals surface area contributed by atoms with Crippen molar-refractivity contribution in [3.8, 4) is 0 Å².